The van der Waals surface area contributed by atoms with E-state index in [2.05, 4.69) is 11.6 Å². The van der Waals surface area contributed by atoms with Gasteiger partial charge in [0.1, 0.15) is 10.6 Å². The summed E-state index contributed by atoms with van der Waals surface area (Å²) >= 11 is 0. The molecule has 0 aliphatic heterocycles. The maximum atomic E-state index is 11.5. The number of ether oxygens (including phenoxy) is 1. The van der Waals surface area contributed by atoms with Crippen LogP contribution in [0.2, 0.25) is 0 Å². The Morgan fingerprint density at radius 3 is 2.85 bits per heavy atom. The number of allylic oxidation sites excluding steroid dienone is 1. The van der Waals surface area contributed by atoms with Crippen molar-refractivity contribution >= 4 is 30.6 Å². The second-order valence-electron chi connectivity index (χ2n) is 4.18. The van der Waals surface area contributed by atoms with Crippen LogP contribution in [0.5, 0.6) is 5.75 Å². The molecule has 0 saturated carbocycles. The van der Waals surface area contributed by atoms with E-state index in [0.29, 0.717) is 23.3 Å². The van der Waals surface area contributed by atoms with Gasteiger partial charge in [0.15, 0.2) is 0 Å². The van der Waals surface area contributed by atoms with Crippen LogP contribution in [-0.4, -0.2) is 20.0 Å². The van der Waals surface area contributed by atoms with Gasteiger partial charge in [-0.05, 0) is 37.1 Å². The lowest BCUT2D eigenvalue weighted by Crippen LogP contribution is -2.00. The van der Waals surface area contributed by atoms with Gasteiger partial charge in [-0.1, -0.05) is 6.08 Å². The average molecular weight is 312 g/mol. The molecule has 1 aromatic carbocycles. The molecule has 0 spiro atoms. The second-order valence-corrected chi connectivity index (χ2v) is 6.71. The number of hydrogen-bond donors (Lipinski definition) is 0. The highest BCUT2D eigenvalue weighted by Crippen LogP contribution is 2.31. The molecular formula is C14H14ClNO3S. The molecule has 1 heterocycles. The van der Waals surface area contributed by atoms with Crippen molar-refractivity contribution in [2.75, 3.05) is 6.61 Å². The van der Waals surface area contributed by atoms with E-state index in [1.165, 1.54) is 12.3 Å². The Morgan fingerprint density at radius 1 is 1.35 bits per heavy atom. The van der Waals surface area contributed by atoms with Crippen LogP contribution in [0.3, 0.4) is 0 Å². The van der Waals surface area contributed by atoms with E-state index >= 15 is 0 Å². The third-order valence-electron chi connectivity index (χ3n) is 2.77. The molecule has 0 aliphatic rings. The van der Waals surface area contributed by atoms with Crippen LogP contribution in [0.1, 0.15) is 12.8 Å². The highest BCUT2D eigenvalue weighted by molar-refractivity contribution is 8.14. The van der Waals surface area contributed by atoms with E-state index in [1.54, 1.807) is 18.2 Å². The number of pyridine rings is 1. The predicted octanol–water partition coefficient (Wildman–Crippen LogP) is 3.51. The summed E-state index contributed by atoms with van der Waals surface area (Å²) < 4.78 is 28.7. The van der Waals surface area contributed by atoms with Crippen LogP contribution in [0.4, 0.5) is 0 Å². The van der Waals surface area contributed by atoms with Gasteiger partial charge in [-0.25, -0.2) is 8.42 Å². The third kappa shape index (κ3) is 3.29. The van der Waals surface area contributed by atoms with Crippen LogP contribution >= 0.6 is 10.7 Å². The lowest BCUT2D eigenvalue weighted by atomic mass is 10.2. The molecule has 0 amide bonds. The van der Waals surface area contributed by atoms with Crippen molar-refractivity contribution < 1.29 is 13.2 Å². The lowest BCUT2D eigenvalue weighted by Gasteiger charge is -2.10. The molecule has 106 valence electrons. The SMILES string of the molecule is C=CCCCOc1ccc(S(=O)(=O)Cl)c2ncccc12. The van der Waals surface area contributed by atoms with E-state index in [0.717, 1.165) is 12.8 Å². The normalized spacial score (nSPS) is 11.4. The van der Waals surface area contributed by atoms with Crippen molar-refractivity contribution in [2.45, 2.75) is 17.7 Å². The maximum absolute atomic E-state index is 11.5. The molecule has 0 N–H and O–H groups in total. The number of unbranched alkanes of at least 4 members (excludes halogenated alkanes) is 1. The molecule has 20 heavy (non-hydrogen) atoms. The number of nitrogens with zero attached hydrogens (tertiary/aromatic N) is 1. The average Bonchev–Trinajstić information content (AvgIpc) is 2.42. The first-order valence-electron chi connectivity index (χ1n) is 6.10. The van der Waals surface area contributed by atoms with Crippen LogP contribution in [0, 0.1) is 0 Å². The number of halogens is 1. The smallest absolute Gasteiger partial charge is 0.263 e. The third-order valence-corrected chi connectivity index (χ3v) is 4.12. The van der Waals surface area contributed by atoms with Gasteiger partial charge in [0.05, 0.1) is 12.1 Å². The highest BCUT2D eigenvalue weighted by Gasteiger charge is 2.17. The monoisotopic (exact) mass is 311 g/mol. The number of benzene rings is 1. The zero-order valence-corrected chi connectivity index (χ0v) is 12.3. The van der Waals surface area contributed by atoms with Gasteiger partial charge in [-0.2, -0.15) is 0 Å². The van der Waals surface area contributed by atoms with Gasteiger partial charge in [0, 0.05) is 22.3 Å². The molecule has 0 unspecified atom stereocenters. The molecule has 0 aliphatic carbocycles. The molecule has 0 bridgehead atoms. The lowest BCUT2D eigenvalue weighted by molar-refractivity contribution is 0.315. The highest BCUT2D eigenvalue weighted by atomic mass is 35.7. The molecule has 4 nitrogen and oxygen atoms in total. The predicted molar refractivity (Wildman–Crippen MR) is 79.7 cm³/mol. The van der Waals surface area contributed by atoms with Gasteiger partial charge in [0.25, 0.3) is 9.05 Å². The first-order valence-corrected chi connectivity index (χ1v) is 8.41. The van der Waals surface area contributed by atoms with Crippen LogP contribution in [0.25, 0.3) is 10.9 Å². The van der Waals surface area contributed by atoms with Crippen molar-refractivity contribution in [3.63, 3.8) is 0 Å². The first-order chi connectivity index (χ1) is 9.54. The van der Waals surface area contributed by atoms with E-state index < -0.39 is 9.05 Å². The van der Waals surface area contributed by atoms with Gasteiger partial charge >= 0.3 is 0 Å². The summed E-state index contributed by atoms with van der Waals surface area (Å²) in [6.07, 6.45) is 5.06. The van der Waals surface area contributed by atoms with Crippen LogP contribution < -0.4 is 4.74 Å². The van der Waals surface area contributed by atoms with Gasteiger partial charge < -0.3 is 4.74 Å². The van der Waals surface area contributed by atoms with Crippen LogP contribution in [-0.2, 0) is 9.05 Å². The summed E-state index contributed by atoms with van der Waals surface area (Å²) in [5.41, 5.74) is 0.323. The molecule has 0 radical (unpaired) electrons. The van der Waals surface area contributed by atoms with E-state index in [1.807, 2.05) is 6.08 Å². The Balaban J connectivity index is 2.41. The molecule has 2 rings (SSSR count). The quantitative estimate of drug-likeness (QED) is 0.465. The van der Waals surface area contributed by atoms with Crippen molar-refractivity contribution in [1.29, 1.82) is 0 Å². The summed E-state index contributed by atoms with van der Waals surface area (Å²) in [4.78, 5) is 4.09. The maximum Gasteiger partial charge on any atom is 0.263 e. The Morgan fingerprint density at radius 2 is 2.15 bits per heavy atom. The molecule has 0 atom stereocenters. The molecule has 2 aromatic rings. The summed E-state index contributed by atoms with van der Waals surface area (Å²) in [5, 5.41) is 0.632. The van der Waals surface area contributed by atoms with Crippen molar-refractivity contribution in [3.8, 4) is 5.75 Å². The molecular weight excluding hydrogens is 298 g/mol. The Hall–Kier alpha value is -1.59. The topological polar surface area (TPSA) is 56.3 Å². The van der Waals surface area contributed by atoms with Crippen molar-refractivity contribution in [2.24, 2.45) is 0 Å². The number of hydrogen-bond acceptors (Lipinski definition) is 4. The first kappa shape index (κ1) is 14.8. The Labute approximate surface area is 122 Å². The van der Waals surface area contributed by atoms with Gasteiger partial charge in [-0.3, -0.25) is 4.98 Å². The van der Waals surface area contributed by atoms with E-state index in [-0.39, 0.29) is 4.90 Å². The van der Waals surface area contributed by atoms with Crippen molar-refractivity contribution in [3.05, 3.63) is 43.1 Å². The minimum atomic E-state index is -3.83. The summed E-state index contributed by atoms with van der Waals surface area (Å²) in [7, 11) is 1.58. The van der Waals surface area contributed by atoms with E-state index in [9.17, 15) is 8.42 Å². The summed E-state index contributed by atoms with van der Waals surface area (Å²) in [6.45, 7) is 4.18. The Bertz CT molecular complexity index is 728. The summed E-state index contributed by atoms with van der Waals surface area (Å²) in [5.74, 6) is 0.598. The minimum Gasteiger partial charge on any atom is -0.493 e. The second kappa shape index (κ2) is 6.24. The van der Waals surface area contributed by atoms with E-state index in [4.69, 9.17) is 15.4 Å². The summed E-state index contributed by atoms with van der Waals surface area (Å²) in [6, 6.07) is 6.51. The standard InChI is InChI=1S/C14H14ClNO3S/c1-2-3-4-10-19-12-7-8-13(20(15,17)18)14-11(12)6-5-9-16-14/h2,5-9H,1,3-4,10H2. The minimum absolute atomic E-state index is 0.00629. The number of fused-ring (bicyclic) bond motifs is 1. The van der Waals surface area contributed by atoms with Crippen molar-refractivity contribution in [1.82, 2.24) is 4.98 Å². The van der Waals surface area contributed by atoms with Crippen LogP contribution in [0.15, 0.2) is 48.0 Å². The number of aromatic nitrogens is 1. The fraction of sp³-hybridized carbons (Fsp3) is 0.214. The number of rotatable bonds is 6. The molecule has 0 fully saturated rings. The zero-order valence-electron chi connectivity index (χ0n) is 10.8. The molecule has 6 heteroatoms. The fourth-order valence-corrected chi connectivity index (χ4v) is 2.85. The Kier molecular flexibility index (Phi) is 4.62. The van der Waals surface area contributed by atoms with Gasteiger partial charge in [-0.15, -0.1) is 6.58 Å². The zero-order chi connectivity index (χ0) is 14.6. The fourth-order valence-electron chi connectivity index (χ4n) is 1.85. The largest absolute Gasteiger partial charge is 0.493 e. The van der Waals surface area contributed by atoms with Gasteiger partial charge in [0.2, 0.25) is 0 Å². The molecule has 1 aromatic heterocycles. The molecule has 0 saturated heterocycles.